The monoisotopic (exact) mass is 248 g/mol. The van der Waals surface area contributed by atoms with Gasteiger partial charge in [0, 0.05) is 6.61 Å². The van der Waals surface area contributed by atoms with Crippen LogP contribution in [0, 0.1) is 11.2 Å². The first-order valence-electron chi connectivity index (χ1n) is 5.33. The minimum atomic E-state index is -4.67. The lowest BCUT2D eigenvalue weighted by Crippen LogP contribution is -2.14. The second-order valence-electron chi connectivity index (χ2n) is 4.61. The van der Waals surface area contributed by atoms with E-state index in [1.807, 2.05) is 0 Å². The fourth-order valence-corrected chi connectivity index (χ4v) is 1.91. The van der Waals surface area contributed by atoms with Crippen LogP contribution in [0.4, 0.5) is 17.6 Å². The van der Waals surface area contributed by atoms with Crippen LogP contribution in [0.25, 0.3) is 0 Å². The molecule has 0 radical (unpaired) electrons. The van der Waals surface area contributed by atoms with Crippen LogP contribution in [-0.2, 0) is 12.6 Å². The number of halogens is 4. The molecule has 0 atom stereocenters. The third-order valence-electron chi connectivity index (χ3n) is 3.24. The van der Waals surface area contributed by atoms with E-state index >= 15 is 0 Å². The van der Waals surface area contributed by atoms with E-state index in [9.17, 15) is 17.6 Å². The smallest absolute Gasteiger partial charge is 0.396 e. The Balaban J connectivity index is 2.30. The van der Waals surface area contributed by atoms with Crippen molar-refractivity contribution in [3.63, 3.8) is 0 Å². The molecule has 0 aromatic heterocycles. The number of aliphatic hydroxyl groups is 1. The molecule has 0 heterocycles. The molecule has 0 spiro atoms. The molecule has 0 amide bonds. The van der Waals surface area contributed by atoms with Crippen LogP contribution in [0.2, 0.25) is 0 Å². The van der Waals surface area contributed by atoms with Gasteiger partial charge in [-0.15, -0.1) is 0 Å². The average molecular weight is 248 g/mol. The van der Waals surface area contributed by atoms with Crippen molar-refractivity contribution >= 4 is 0 Å². The molecular formula is C12H12F4O. The zero-order valence-electron chi connectivity index (χ0n) is 9.02. The van der Waals surface area contributed by atoms with Crippen molar-refractivity contribution in [3.8, 4) is 0 Å². The Labute approximate surface area is 96.1 Å². The predicted octanol–water partition coefficient (Wildman–Crippen LogP) is 3.16. The van der Waals surface area contributed by atoms with Gasteiger partial charge in [0.25, 0.3) is 0 Å². The Morgan fingerprint density at radius 3 is 2.35 bits per heavy atom. The number of benzene rings is 1. The summed E-state index contributed by atoms with van der Waals surface area (Å²) in [6.07, 6.45) is -3.03. The summed E-state index contributed by atoms with van der Waals surface area (Å²) in [5.74, 6) is -1.21. The van der Waals surface area contributed by atoms with Gasteiger partial charge in [0.2, 0.25) is 0 Å². The lowest BCUT2D eigenvalue weighted by molar-refractivity contribution is -0.140. The largest absolute Gasteiger partial charge is 0.419 e. The molecule has 1 saturated carbocycles. The van der Waals surface area contributed by atoms with Crippen LogP contribution in [0.5, 0.6) is 0 Å². The first-order valence-corrected chi connectivity index (χ1v) is 5.33. The molecule has 1 aromatic carbocycles. The number of rotatable bonds is 3. The van der Waals surface area contributed by atoms with Crippen molar-refractivity contribution in [1.82, 2.24) is 0 Å². The first kappa shape index (κ1) is 12.4. The van der Waals surface area contributed by atoms with Crippen LogP contribution in [0.1, 0.15) is 24.0 Å². The molecule has 1 aliphatic rings. The molecule has 0 bridgehead atoms. The lowest BCUT2D eigenvalue weighted by Gasteiger charge is -2.15. The standard InChI is InChI=1S/C12H12F4O/c13-10-8(6-11(7-17)4-5-11)2-1-3-9(10)12(14,15)16/h1-3,17H,4-7H2. The van der Waals surface area contributed by atoms with Crippen molar-refractivity contribution < 1.29 is 22.7 Å². The molecule has 0 unspecified atom stereocenters. The highest BCUT2D eigenvalue weighted by Crippen LogP contribution is 2.48. The average Bonchev–Trinajstić information content (AvgIpc) is 3.00. The predicted molar refractivity (Wildman–Crippen MR) is 53.9 cm³/mol. The Morgan fingerprint density at radius 1 is 1.24 bits per heavy atom. The summed E-state index contributed by atoms with van der Waals surface area (Å²) >= 11 is 0. The molecule has 1 nitrogen and oxygen atoms in total. The third kappa shape index (κ3) is 2.44. The molecule has 94 valence electrons. The summed E-state index contributed by atoms with van der Waals surface area (Å²) in [4.78, 5) is 0. The van der Waals surface area contributed by atoms with Gasteiger partial charge in [-0.3, -0.25) is 0 Å². The van der Waals surface area contributed by atoms with Crippen molar-refractivity contribution in [2.75, 3.05) is 6.61 Å². The molecule has 0 aliphatic heterocycles. The van der Waals surface area contributed by atoms with E-state index in [2.05, 4.69) is 0 Å². The van der Waals surface area contributed by atoms with Crippen molar-refractivity contribution in [3.05, 3.63) is 35.1 Å². The highest BCUT2D eigenvalue weighted by atomic mass is 19.4. The maximum absolute atomic E-state index is 13.7. The second kappa shape index (κ2) is 3.98. The van der Waals surface area contributed by atoms with Gasteiger partial charge in [0.1, 0.15) is 5.82 Å². The van der Waals surface area contributed by atoms with Crippen LogP contribution in [0.15, 0.2) is 18.2 Å². The Hall–Kier alpha value is -1.10. The lowest BCUT2D eigenvalue weighted by atomic mass is 9.95. The minimum Gasteiger partial charge on any atom is -0.396 e. The number of hydrogen-bond donors (Lipinski definition) is 1. The second-order valence-corrected chi connectivity index (χ2v) is 4.61. The van der Waals surface area contributed by atoms with Crippen LogP contribution >= 0.6 is 0 Å². The molecule has 1 fully saturated rings. The quantitative estimate of drug-likeness (QED) is 0.815. The van der Waals surface area contributed by atoms with E-state index in [1.54, 1.807) is 0 Å². The first-order chi connectivity index (χ1) is 7.88. The topological polar surface area (TPSA) is 20.2 Å². The van der Waals surface area contributed by atoms with E-state index in [0.29, 0.717) is 0 Å². The summed E-state index contributed by atoms with van der Waals surface area (Å²) in [6, 6.07) is 3.28. The minimum absolute atomic E-state index is 0.0337. The molecule has 1 aliphatic carbocycles. The summed E-state index contributed by atoms with van der Waals surface area (Å²) in [7, 11) is 0. The van der Waals surface area contributed by atoms with Gasteiger partial charge in [0.05, 0.1) is 5.56 Å². The van der Waals surface area contributed by atoms with Gasteiger partial charge >= 0.3 is 6.18 Å². The zero-order chi connectivity index (χ0) is 12.7. The SMILES string of the molecule is OCC1(Cc2cccc(C(F)(F)F)c2F)CC1. The number of hydrogen-bond acceptors (Lipinski definition) is 1. The van der Waals surface area contributed by atoms with Crippen molar-refractivity contribution in [1.29, 1.82) is 0 Å². The van der Waals surface area contributed by atoms with Gasteiger partial charge in [-0.05, 0) is 36.3 Å². The molecular weight excluding hydrogens is 236 g/mol. The molecule has 1 N–H and O–H groups in total. The molecule has 2 rings (SSSR count). The third-order valence-corrected chi connectivity index (χ3v) is 3.24. The summed E-state index contributed by atoms with van der Waals surface area (Å²) in [5.41, 5.74) is -1.60. The van der Waals surface area contributed by atoms with Crippen molar-refractivity contribution in [2.45, 2.75) is 25.4 Å². The summed E-state index contributed by atoms with van der Waals surface area (Å²) in [5, 5.41) is 9.09. The summed E-state index contributed by atoms with van der Waals surface area (Å²) < 4.78 is 51.1. The van der Waals surface area contributed by atoms with Crippen LogP contribution in [0.3, 0.4) is 0 Å². The zero-order valence-corrected chi connectivity index (χ0v) is 9.02. The van der Waals surface area contributed by atoms with E-state index in [4.69, 9.17) is 5.11 Å². The van der Waals surface area contributed by atoms with Crippen LogP contribution < -0.4 is 0 Å². The Kier molecular flexibility index (Phi) is 2.89. The highest BCUT2D eigenvalue weighted by molar-refractivity contribution is 5.29. The Morgan fingerprint density at radius 2 is 1.88 bits per heavy atom. The van der Waals surface area contributed by atoms with Gasteiger partial charge in [0.15, 0.2) is 0 Å². The van der Waals surface area contributed by atoms with Gasteiger partial charge in [-0.1, -0.05) is 12.1 Å². The van der Waals surface area contributed by atoms with E-state index in [0.717, 1.165) is 18.9 Å². The number of aliphatic hydroxyl groups excluding tert-OH is 1. The normalized spacial score (nSPS) is 18.2. The fourth-order valence-electron chi connectivity index (χ4n) is 1.91. The maximum atomic E-state index is 13.7. The van der Waals surface area contributed by atoms with Crippen molar-refractivity contribution in [2.24, 2.45) is 5.41 Å². The number of alkyl halides is 3. The van der Waals surface area contributed by atoms with Gasteiger partial charge < -0.3 is 5.11 Å². The Bertz CT molecular complexity index is 421. The fraction of sp³-hybridized carbons (Fsp3) is 0.500. The van der Waals surface area contributed by atoms with E-state index in [1.165, 1.54) is 12.1 Å². The molecule has 5 heteroatoms. The van der Waals surface area contributed by atoms with Gasteiger partial charge in [-0.25, -0.2) is 4.39 Å². The van der Waals surface area contributed by atoms with Crippen LogP contribution in [-0.4, -0.2) is 11.7 Å². The molecule has 1 aromatic rings. The summed E-state index contributed by atoms with van der Waals surface area (Å²) in [6.45, 7) is -0.108. The maximum Gasteiger partial charge on any atom is 0.419 e. The van der Waals surface area contributed by atoms with E-state index < -0.39 is 23.0 Å². The highest BCUT2D eigenvalue weighted by Gasteiger charge is 2.43. The molecule has 17 heavy (non-hydrogen) atoms. The molecule has 0 saturated heterocycles. The van der Waals surface area contributed by atoms with Gasteiger partial charge in [-0.2, -0.15) is 13.2 Å². The van der Waals surface area contributed by atoms with E-state index in [-0.39, 0.29) is 18.6 Å².